The van der Waals surface area contributed by atoms with Gasteiger partial charge in [0.05, 0.1) is 0 Å². The van der Waals surface area contributed by atoms with Crippen molar-refractivity contribution >= 4 is 21.5 Å². The number of hydrogen-bond acceptors (Lipinski definition) is 1. The van der Waals surface area contributed by atoms with Crippen molar-refractivity contribution in [2.75, 3.05) is 0 Å². The molecule has 1 heteroatoms. The molecule has 0 radical (unpaired) electrons. The molecule has 4 rings (SSSR count). The Bertz CT molecular complexity index is 726. The first kappa shape index (κ1) is 7.30. The summed E-state index contributed by atoms with van der Waals surface area (Å²) >= 11 is 0. The first-order chi connectivity index (χ1) is 7.36. The van der Waals surface area contributed by atoms with Crippen molar-refractivity contribution in [2.24, 2.45) is 0 Å². The second-order valence-electron chi connectivity index (χ2n) is 4.03. The molecular formula is C14H8O. The molecule has 0 saturated heterocycles. The number of rotatable bonds is 0. The molecule has 1 nitrogen and oxygen atoms in total. The van der Waals surface area contributed by atoms with E-state index in [2.05, 4.69) is 24.3 Å². The predicted octanol–water partition coefficient (Wildman–Crippen LogP) is 3.68. The molecule has 0 amide bonds. The van der Waals surface area contributed by atoms with Gasteiger partial charge in [0.15, 0.2) is 0 Å². The second-order valence-corrected chi connectivity index (χ2v) is 4.03. The fourth-order valence-corrected chi connectivity index (χ4v) is 2.56. The lowest BCUT2D eigenvalue weighted by molar-refractivity contribution is 0.480. The fraction of sp³-hybridized carbons (Fsp3) is 0. The lowest BCUT2D eigenvalue weighted by Crippen LogP contribution is -1.95. The van der Waals surface area contributed by atoms with Crippen molar-refractivity contribution in [1.29, 1.82) is 0 Å². The maximum absolute atomic E-state index is 9.79. The molecule has 1 aliphatic rings. The van der Waals surface area contributed by atoms with Gasteiger partial charge in [0.2, 0.25) is 0 Å². The maximum Gasteiger partial charge on any atom is 0.131 e. The van der Waals surface area contributed by atoms with Gasteiger partial charge in [0, 0.05) is 16.5 Å². The van der Waals surface area contributed by atoms with Gasteiger partial charge in [-0.3, -0.25) is 0 Å². The minimum absolute atomic E-state index is 0.466. The summed E-state index contributed by atoms with van der Waals surface area (Å²) in [7, 11) is 0. The highest BCUT2D eigenvalue weighted by Gasteiger charge is 2.24. The Hall–Kier alpha value is -2.02. The first-order valence-corrected chi connectivity index (χ1v) is 5.04. The summed E-state index contributed by atoms with van der Waals surface area (Å²) in [6.07, 6.45) is 0. The van der Waals surface area contributed by atoms with Gasteiger partial charge in [0.25, 0.3) is 0 Å². The van der Waals surface area contributed by atoms with Crippen molar-refractivity contribution in [3.8, 4) is 16.9 Å². The van der Waals surface area contributed by atoms with Crippen LogP contribution in [0.15, 0.2) is 42.5 Å². The van der Waals surface area contributed by atoms with E-state index in [1.165, 1.54) is 16.3 Å². The van der Waals surface area contributed by atoms with Gasteiger partial charge in [-0.05, 0) is 28.3 Å². The van der Waals surface area contributed by atoms with E-state index in [0.29, 0.717) is 5.75 Å². The summed E-state index contributed by atoms with van der Waals surface area (Å²) in [5.74, 6) is 0.466. The minimum Gasteiger partial charge on any atom is -0.507 e. The predicted molar refractivity (Wildman–Crippen MR) is 62.1 cm³/mol. The van der Waals surface area contributed by atoms with E-state index in [1.54, 1.807) is 0 Å². The lowest BCUT2D eigenvalue weighted by atomic mass is 9.82. The number of aromatic hydroxyl groups is 1. The minimum atomic E-state index is 0.466. The lowest BCUT2D eigenvalue weighted by Gasteiger charge is -2.22. The zero-order valence-electron chi connectivity index (χ0n) is 7.99. The summed E-state index contributed by atoms with van der Waals surface area (Å²) in [5, 5.41) is 14.5. The molecule has 0 aromatic heterocycles. The smallest absolute Gasteiger partial charge is 0.131 e. The van der Waals surface area contributed by atoms with Crippen LogP contribution in [0, 0.1) is 0 Å². The van der Waals surface area contributed by atoms with Gasteiger partial charge in [-0.1, -0.05) is 30.3 Å². The van der Waals surface area contributed by atoms with E-state index >= 15 is 0 Å². The van der Waals surface area contributed by atoms with Gasteiger partial charge >= 0.3 is 0 Å². The molecule has 3 aromatic carbocycles. The molecule has 1 aliphatic carbocycles. The molecule has 2 bridgehead atoms. The highest BCUT2D eigenvalue weighted by molar-refractivity contribution is 6.23. The molecular weight excluding hydrogens is 184 g/mol. The molecule has 15 heavy (non-hydrogen) atoms. The monoisotopic (exact) mass is 192 g/mol. The highest BCUT2D eigenvalue weighted by Crippen LogP contribution is 2.53. The highest BCUT2D eigenvalue weighted by atomic mass is 16.3. The van der Waals surface area contributed by atoms with Crippen LogP contribution >= 0.6 is 0 Å². The van der Waals surface area contributed by atoms with E-state index < -0.39 is 0 Å². The van der Waals surface area contributed by atoms with Crippen molar-refractivity contribution in [1.82, 2.24) is 0 Å². The third kappa shape index (κ3) is 0.677. The molecule has 0 heterocycles. The first-order valence-electron chi connectivity index (χ1n) is 5.04. The quantitative estimate of drug-likeness (QED) is 0.421. The van der Waals surface area contributed by atoms with Crippen LogP contribution in [0.2, 0.25) is 0 Å². The molecule has 70 valence electrons. The molecule has 0 spiro atoms. The van der Waals surface area contributed by atoms with E-state index in [-0.39, 0.29) is 0 Å². The molecule has 3 aromatic rings. The van der Waals surface area contributed by atoms with Gasteiger partial charge in [-0.2, -0.15) is 0 Å². The molecule has 1 N–H and O–H groups in total. The molecule has 0 atom stereocenters. The summed E-state index contributed by atoms with van der Waals surface area (Å²) in [4.78, 5) is 0. The average Bonchev–Trinajstić information content (AvgIpc) is 2.27. The second kappa shape index (κ2) is 2.14. The topological polar surface area (TPSA) is 20.2 Å². The van der Waals surface area contributed by atoms with Crippen LogP contribution in [0.5, 0.6) is 5.75 Å². The normalized spacial score (nSPS) is 12.3. The van der Waals surface area contributed by atoms with Gasteiger partial charge in [-0.15, -0.1) is 0 Å². The summed E-state index contributed by atoms with van der Waals surface area (Å²) in [6, 6.07) is 14.5. The third-order valence-electron chi connectivity index (χ3n) is 3.27. The van der Waals surface area contributed by atoms with Crippen molar-refractivity contribution in [3.05, 3.63) is 42.5 Å². The van der Waals surface area contributed by atoms with Gasteiger partial charge in [0.1, 0.15) is 5.75 Å². The summed E-state index contributed by atoms with van der Waals surface area (Å²) in [6.45, 7) is 0. The summed E-state index contributed by atoms with van der Waals surface area (Å²) in [5.41, 5.74) is 2.22. The van der Waals surface area contributed by atoms with Gasteiger partial charge < -0.3 is 5.11 Å². The Kier molecular flexibility index (Phi) is 1.04. The van der Waals surface area contributed by atoms with Crippen molar-refractivity contribution in [2.45, 2.75) is 0 Å². The van der Waals surface area contributed by atoms with Gasteiger partial charge in [-0.25, -0.2) is 0 Å². The Morgan fingerprint density at radius 1 is 0.867 bits per heavy atom. The fourth-order valence-electron chi connectivity index (χ4n) is 2.56. The van der Waals surface area contributed by atoms with Crippen LogP contribution < -0.4 is 0 Å². The van der Waals surface area contributed by atoms with E-state index in [0.717, 1.165) is 16.3 Å². The van der Waals surface area contributed by atoms with Crippen LogP contribution in [0.1, 0.15) is 0 Å². The number of hydrogen-bond donors (Lipinski definition) is 1. The Morgan fingerprint density at radius 2 is 1.73 bits per heavy atom. The zero-order chi connectivity index (χ0) is 9.99. The van der Waals surface area contributed by atoms with E-state index in [4.69, 9.17) is 0 Å². The average molecular weight is 192 g/mol. The van der Waals surface area contributed by atoms with Crippen molar-refractivity contribution < 1.29 is 5.11 Å². The van der Waals surface area contributed by atoms with Crippen LogP contribution in [0.25, 0.3) is 32.7 Å². The van der Waals surface area contributed by atoms with Crippen LogP contribution in [0.3, 0.4) is 0 Å². The van der Waals surface area contributed by atoms with Crippen LogP contribution in [-0.2, 0) is 0 Å². The van der Waals surface area contributed by atoms with Crippen LogP contribution in [0.4, 0.5) is 0 Å². The Labute approximate surface area is 86.6 Å². The molecule has 0 saturated carbocycles. The Morgan fingerprint density at radius 3 is 2.60 bits per heavy atom. The Balaban J connectivity index is 2.39. The number of benzene rings is 4. The maximum atomic E-state index is 9.79. The third-order valence-corrected chi connectivity index (χ3v) is 3.27. The molecule has 0 unspecified atom stereocenters. The number of phenols is 1. The zero-order valence-corrected chi connectivity index (χ0v) is 7.99. The van der Waals surface area contributed by atoms with Crippen LogP contribution in [-0.4, -0.2) is 5.11 Å². The largest absolute Gasteiger partial charge is 0.507 e. The number of fused-ring (bicyclic) bond motifs is 4. The van der Waals surface area contributed by atoms with Crippen molar-refractivity contribution in [3.63, 3.8) is 0 Å². The SMILES string of the molecule is Oc1c2ccc3cc4ccccc4c2c13. The van der Waals surface area contributed by atoms with E-state index in [9.17, 15) is 5.11 Å². The number of phenolic OH excluding ortho intramolecular Hbond substituents is 1. The van der Waals surface area contributed by atoms with E-state index in [1.807, 2.05) is 18.2 Å². The standard InChI is InChI=1S/C14H8O/c15-14-11-6-5-9-7-8-3-1-2-4-10(8)13(11)12(9)14/h1-7,15H. The summed E-state index contributed by atoms with van der Waals surface area (Å²) < 4.78 is 0. The molecule has 0 aliphatic heterocycles. The molecule has 0 fully saturated rings.